The minimum absolute atomic E-state index is 0.112. The minimum atomic E-state index is -0.342. The van der Waals surface area contributed by atoms with E-state index in [1.165, 1.54) is 6.07 Å². The highest BCUT2D eigenvalue weighted by Crippen LogP contribution is 2.13. The first-order valence-corrected chi connectivity index (χ1v) is 6.53. The molecule has 106 valence electrons. The van der Waals surface area contributed by atoms with Crippen molar-refractivity contribution in [3.63, 3.8) is 0 Å². The van der Waals surface area contributed by atoms with Gasteiger partial charge in [0, 0.05) is 37.3 Å². The molecular weight excluding hydrogens is 259 g/mol. The maximum absolute atomic E-state index is 13.5. The summed E-state index contributed by atoms with van der Waals surface area (Å²) in [5, 5.41) is 0. The molecule has 1 heterocycles. The molecule has 0 N–H and O–H groups in total. The van der Waals surface area contributed by atoms with Gasteiger partial charge in [0.1, 0.15) is 5.82 Å². The standard InChI is InChI=1S/C15H17FN2O2/c1-12(10-13-4-2-3-5-14(13)16)15(20)18-8-6-17(11-19)7-9-18/h2-5,10-11H,6-9H2,1H3/b12-10+. The summed E-state index contributed by atoms with van der Waals surface area (Å²) in [5.41, 5.74) is 0.902. The van der Waals surface area contributed by atoms with Gasteiger partial charge in [0.15, 0.2) is 0 Å². The van der Waals surface area contributed by atoms with Crippen LogP contribution in [0.4, 0.5) is 4.39 Å². The van der Waals surface area contributed by atoms with Crippen molar-refractivity contribution in [2.45, 2.75) is 6.92 Å². The van der Waals surface area contributed by atoms with E-state index in [-0.39, 0.29) is 11.7 Å². The summed E-state index contributed by atoms with van der Waals surface area (Å²) in [4.78, 5) is 26.2. The number of hydrogen-bond donors (Lipinski definition) is 0. The Bertz CT molecular complexity index is 534. The van der Waals surface area contributed by atoms with Gasteiger partial charge in [-0.1, -0.05) is 18.2 Å². The summed E-state index contributed by atoms with van der Waals surface area (Å²) in [5.74, 6) is -0.454. The molecule has 2 amide bonds. The van der Waals surface area contributed by atoms with E-state index in [4.69, 9.17) is 0 Å². The average molecular weight is 276 g/mol. The molecule has 0 bridgehead atoms. The smallest absolute Gasteiger partial charge is 0.249 e. The first-order valence-electron chi connectivity index (χ1n) is 6.53. The highest BCUT2D eigenvalue weighted by molar-refractivity contribution is 5.97. The lowest BCUT2D eigenvalue weighted by molar-refractivity contribution is -0.131. The topological polar surface area (TPSA) is 40.6 Å². The number of halogens is 1. The van der Waals surface area contributed by atoms with Crippen LogP contribution in [0.25, 0.3) is 6.08 Å². The fourth-order valence-corrected chi connectivity index (χ4v) is 2.17. The summed E-state index contributed by atoms with van der Waals surface area (Å²) in [6, 6.07) is 6.35. The van der Waals surface area contributed by atoms with Crippen molar-refractivity contribution in [3.8, 4) is 0 Å². The normalized spacial score (nSPS) is 16.2. The van der Waals surface area contributed by atoms with Crippen LogP contribution in [-0.4, -0.2) is 48.3 Å². The highest BCUT2D eigenvalue weighted by atomic mass is 19.1. The molecule has 0 spiro atoms. The van der Waals surface area contributed by atoms with Gasteiger partial charge in [0.05, 0.1) is 0 Å². The van der Waals surface area contributed by atoms with Crippen LogP contribution in [0.3, 0.4) is 0 Å². The van der Waals surface area contributed by atoms with E-state index < -0.39 is 0 Å². The van der Waals surface area contributed by atoms with Crippen molar-refractivity contribution in [2.24, 2.45) is 0 Å². The van der Waals surface area contributed by atoms with Gasteiger partial charge in [0.25, 0.3) is 0 Å². The maximum Gasteiger partial charge on any atom is 0.249 e. The Labute approximate surface area is 117 Å². The average Bonchev–Trinajstić information content (AvgIpc) is 2.49. The lowest BCUT2D eigenvalue weighted by atomic mass is 10.1. The molecule has 0 aliphatic carbocycles. The van der Waals surface area contributed by atoms with Crippen molar-refractivity contribution < 1.29 is 14.0 Å². The Morgan fingerprint density at radius 1 is 1.20 bits per heavy atom. The van der Waals surface area contributed by atoms with Crippen molar-refractivity contribution >= 4 is 18.4 Å². The number of amides is 2. The predicted octanol–water partition coefficient (Wildman–Crippen LogP) is 1.53. The number of piperazine rings is 1. The number of carbonyl (C=O) groups excluding carboxylic acids is 2. The number of benzene rings is 1. The molecule has 1 aliphatic heterocycles. The van der Waals surface area contributed by atoms with Crippen molar-refractivity contribution in [1.29, 1.82) is 0 Å². The number of carbonyl (C=O) groups is 2. The first-order chi connectivity index (χ1) is 9.61. The summed E-state index contributed by atoms with van der Waals surface area (Å²) in [6.07, 6.45) is 2.35. The Morgan fingerprint density at radius 3 is 2.45 bits per heavy atom. The van der Waals surface area contributed by atoms with Gasteiger partial charge in [-0.15, -0.1) is 0 Å². The molecule has 0 unspecified atom stereocenters. The van der Waals surface area contributed by atoms with E-state index in [1.807, 2.05) is 0 Å². The molecule has 0 aromatic heterocycles. The lowest BCUT2D eigenvalue weighted by Gasteiger charge is -2.32. The van der Waals surface area contributed by atoms with E-state index in [0.29, 0.717) is 37.3 Å². The van der Waals surface area contributed by atoms with E-state index >= 15 is 0 Å². The molecule has 0 saturated carbocycles. The molecule has 1 aliphatic rings. The minimum Gasteiger partial charge on any atom is -0.342 e. The van der Waals surface area contributed by atoms with E-state index in [9.17, 15) is 14.0 Å². The van der Waals surface area contributed by atoms with Gasteiger partial charge >= 0.3 is 0 Å². The fraction of sp³-hybridized carbons (Fsp3) is 0.333. The molecule has 4 nitrogen and oxygen atoms in total. The van der Waals surface area contributed by atoms with E-state index in [2.05, 4.69) is 0 Å². The van der Waals surface area contributed by atoms with Gasteiger partial charge in [-0.25, -0.2) is 4.39 Å². The summed E-state index contributed by atoms with van der Waals surface area (Å²) in [6.45, 7) is 3.80. The Morgan fingerprint density at radius 2 is 1.85 bits per heavy atom. The molecule has 1 fully saturated rings. The quantitative estimate of drug-likeness (QED) is 0.620. The predicted molar refractivity (Wildman–Crippen MR) is 74.3 cm³/mol. The number of nitrogens with zero attached hydrogens (tertiary/aromatic N) is 2. The van der Waals surface area contributed by atoms with Gasteiger partial charge in [-0.3, -0.25) is 9.59 Å². The van der Waals surface area contributed by atoms with Gasteiger partial charge in [-0.2, -0.15) is 0 Å². The molecule has 1 saturated heterocycles. The van der Waals surface area contributed by atoms with Crippen LogP contribution in [0.5, 0.6) is 0 Å². The third kappa shape index (κ3) is 3.23. The Hall–Kier alpha value is -2.17. The molecule has 0 radical (unpaired) electrons. The van der Waals surface area contributed by atoms with Crippen molar-refractivity contribution in [1.82, 2.24) is 9.80 Å². The van der Waals surface area contributed by atoms with Crippen LogP contribution in [0.15, 0.2) is 29.8 Å². The van der Waals surface area contributed by atoms with Crippen LogP contribution in [0, 0.1) is 5.82 Å². The van der Waals surface area contributed by atoms with Crippen molar-refractivity contribution in [2.75, 3.05) is 26.2 Å². The lowest BCUT2D eigenvalue weighted by Crippen LogP contribution is -2.48. The molecule has 5 heteroatoms. The summed E-state index contributed by atoms with van der Waals surface area (Å²) in [7, 11) is 0. The molecule has 1 aromatic rings. The molecule has 0 atom stereocenters. The van der Waals surface area contributed by atoms with Crippen LogP contribution < -0.4 is 0 Å². The second-order valence-corrected chi connectivity index (χ2v) is 4.78. The number of hydrogen-bond acceptors (Lipinski definition) is 2. The summed E-state index contributed by atoms with van der Waals surface area (Å²) >= 11 is 0. The third-order valence-electron chi connectivity index (χ3n) is 3.37. The zero-order valence-electron chi connectivity index (χ0n) is 11.4. The second-order valence-electron chi connectivity index (χ2n) is 4.78. The first kappa shape index (κ1) is 14.2. The third-order valence-corrected chi connectivity index (χ3v) is 3.37. The van der Waals surface area contributed by atoms with E-state index in [0.717, 1.165) is 6.41 Å². The fourth-order valence-electron chi connectivity index (χ4n) is 2.17. The van der Waals surface area contributed by atoms with Crippen LogP contribution in [0.2, 0.25) is 0 Å². The largest absolute Gasteiger partial charge is 0.342 e. The van der Waals surface area contributed by atoms with Crippen molar-refractivity contribution in [3.05, 3.63) is 41.2 Å². The zero-order valence-corrected chi connectivity index (χ0v) is 11.4. The molecule has 2 rings (SSSR count). The van der Waals surface area contributed by atoms with Gasteiger partial charge in [-0.05, 0) is 19.1 Å². The van der Waals surface area contributed by atoms with Gasteiger partial charge in [0.2, 0.25) is 12.3 Å². The summed E-state index contributed by atoms with van der Waals surface area (Å²) < 4.78 is 13.5. The monoisotopic (exact) mass is 276 g/mol. The SMILES string of the molecule is C/C(=C\c1ccccc1F)C(=O)N1CCN(C=O)CC1. The van der Waals surface area contributed by atoms with Crippen LogP contribution in [0.1, 0.15) is 12.5 Å². The molecular formula is C15H17FN2O2. The maximum atomic E-state index is 13.5. The second kappa shape index (κ2) is 6.32. The molecule has 1 aromatic carbocycles. The zero-order chi connectivity index (χ0) is 14.5. The molecule has 20 heavy (non-hydrogen) atoms. The Kier molecular flexibility index (Phi) is 4.50. The Balaban J connectivity index is 2.06. The number of rotatable bonds is 3. The highest BCUT2D eigenvalue weighted by Gasteiger charge is 2.21. The van der Waals surface area contributed by atoms with E-state index in [1.54, 1.807) is 41.0 Å². The van der Waals surface area contributed by atoms with Crippen LogP contribution >= 0.6 is 0 Å². The van der Waals surface area contributed by atoms with Crippen LogP contribution in [-0.2, 0) is 9.59 Å². The van der Waals surface area contributed by atoms with Gasteiger partial charge < -0.3 is 9.80 Å².